The highest BCUT2D eigenvalue weighted by molar-refractivity contribution is 5.88. The minimum atomic E-state index is 0.00957. The van der Waals surface area contributed by atoms with Gasteiger partial charge in [0, 0.05) is 18.0 Å². The maximum absolute atomic E-state index is 6.58. The fraction of sp³-hybridized carbons (Fsp3) is 0.474. The Kier molecular flexibility index (Phi) is 3.35. The normalized spacial score (nSPS) is 23.5. The van der Waals surface area contributed by atoms with Crippen LogP contribution >= 0.6 is 0 Å². The molecule has 0 aliphatic carbocycles. The molecule has 1 spiro atoms. The minimum absolute atomic E-state index is 0.00957. The molecule has 3 heteroatoms. The quantitative estimate of drug-likeness (QED) is 0.873. The molecule has 0 bridgehead atoms. The summed E-state index contributed by atoms with van der Waals surface area (Å²) in [6.07, 6.45) is 3.29. The van der Waals surface area contributed by atoms with Gasteiger partial charge in [0.05, 0.1) is 0 Å². The number of ether oxygens (including phenoxy) is 1. The van der Waals surface area contributed by atoms with Gasteiger partial charge in [-0.25, -0.2) is 0 Å². The summed E-state index contributed by atoms with van der Waals surface area (Å²) in [7, 11) is 4.38. The molecule has 1 saturated heterocycles. The van der Waals surface area contributed by atoms with Crippen LogP contribution in [0.4, 0.5) is 0 Å². The van der Waals surface area contributed by atoms with E-state index < -0.39 is 0 Å². The number of hydrogen-bond acceptors (Lipinski definition) is 3. The zero-order chi connectivity index (χ0) is 15.2. The molecule has 2 aliphatic rings. The lowest BCUT2D eigenvalue weighted by Crippen LogP contribution is -2.50. The molecule has 2 aliphatic heterocycles. The Morgan fingerprint density at radius 2 is 1.86 bits per heavy atom. The topological polar surface area (TPSA) is 24.5 Å². The van der Waals surface area contributed by atoms with Gasteiger partial charge in [0.25, 0.3) is 0 Å². The van der Waals surface area contributed by atoms with E-state index in [1.54, 1.807) is 0 Å². The molecular formula is C19H24N2O. The first-order valence-corrected chi connectivity index (χ1v) is 8.26. The van der Waals surface area contributed by atoms with Crippen molar-refractivity contribution in [1.29, 1.82) is 0 Å². The van der Waals surface area contributed by atoms with Gasteiger partial charge in [0.1, 0.15) is 11.4 Å². The first-order valence-electron chi connectivity index (χ1n) is 8.26. The number of rotatable bonds is 1. The summed E-state index contributed by atoms with van der Waals surface area (Å²) in [6.45, 7) is 2.12. The number of nitrogens with zero attached hydrogens (tertiary/aromatic N) is 1. The number of piperidine rings is 1. The molecule has 1 atom stereocenters. The maximum atomic E-state index is 6.58. The van der Waals surface area contributed by atoms with Crippen LogP contribution in [0.1, 0.15) is 30.9 Å². The SMILES string of the molecule is CN(C)C1CC2(CCNCC2)Oc2ccc3ccccc3c21. The number of nitrogens with one attached hydrogen (secondary N) is 1. The lowest BCUT2D eigenvalue weighted by Gasteiger charge is -2.46. The molecule has 116 valence electrons. The van der Waals surface area contributed by atoms with E-state index in [1.807, 2.05) is 0 Å². The highest BCUT2D eigenvalue weighted by atomic mass is 16.5. The Morgan fingerprint density at radius 3 is 2.64 bits per heavy atom. The van der Waals surface area contributed by atoms with E-state index in [9.17, 15) is 0 Å². The Hall–Kier alpha value is -1.58. The van der Waals surface area contributed by atoms with Gasteiger partial charge >= 0.3 is 0 Å². The lowest BCUT2D eigenvalue weighted by atomic mass is 9.79. The van der Waals surface area contributed by atoms with Gasteiger partial charge in [0.15, 0.2) is 0 Å². The van der Waals surface area contributed by atoms with Crippen LogP contribution < -0.4 is 10.1 Å². The summed E-state index contributed by atoms with van der Waals surface area (Å²) in [5, 5.41) is 6.10. The van der Waals surface area contributed by atoms with Gasteiger partial charge < -0.3 is 15.0 Å². The summed E-state index contributed by atoms with van der Waals surface area (Å²) in [5.74, 6) is 1.09. The molecule has 1 fully saturated rings. The largest absolute Gasteiger partial charge is 0.487 e. The van der Waals surface area contributed by atoms with Crippen molar-refractivity contribution in [3.8, 4) is 5.75 Å². The molecule has 0 aromatic heterocycles. The molecule has 3 nitrogen and oxygen atoms in total. The molecule has 2 heterocycles. The second kappa shape index (κ2) is 5.25. The Morgan fingerprint density at radius 1 is 1.09 bits per heavy atom. The zero-order valence-corrected chi connectivity index (χ0v) is 13.4. The maximum Gasteiger partial charge on any atom is 0.125 e. The van der Waals surface area contributed by atoms with Crippen molar-refractivity contribution in [3.05, 3.63) is 42.0 Å². The second-order valence-corrected chi connectivity index (χ2v) is 6.92. The molecule has 22 heavy (non-hydrogen) atoms. The lowest BCUT2D eigenvalue weighted by molar-refractivity contribution is -0.0111. The molecule has 1 unspecified atom stereocenters. The second-order valence-electron chi connectivity index (χ2n) is 6.92. The highest BCUT2D eigenvalue weighted by Gasteiger charge is 2.43. The van der Waals surface area contributed by atoms with Crippen molar-refractivity contribution in [2.45, 2.75) is 30.9 Å². The van der Waals surface area contributed by atoms with Gasteiger partial charge in [-0.05, 0) is 56.9 Å². The standard InChI is InChI=1S/C19H24N2O/c1-21(2)16-13-19(9-11-20-12-10-19)22-17-8-7-14-5-3-4-6-15(14)18(16)17/h3-8,16,20H,9-13H2,1-2H3. The van der Waals surface area contributed by atoms with Crippen molar-refractivity contribution in [1.82, 2.24) is 10.2 Å². The fourth-order valence-corrected chi connectivity index (χ4v) is 4.07. The number of fused-ring (bicyclic) bond motifs is 3. The minimum Gasteiger partial charge on any atom is -0.487 e. The molecule has 2 aromatic rings. The van der Waals surface area contributed by atoms with Crippen LogP contribution in [0.3, 0.4) is 0 Å². The summed E-state index contributed by atoms with van der Waals surface area (Å²) >= 11 is 0. The number of hydrogen-bond donors (Lipinski definition) is 1. The van der Waals surface area contributed by atoms with E-state index in [2.05, 4.69) is 60.7 Å². The van der Waals surface area contributed by atoms with Gasteiger partial charge in [-0.1, -0.05) is 30.3 Å². The van der Waals surface area contributed by atoms with Crippen LogP contribution in [-0.4, -0.2) is 37.7 Å². The molecule has 4 rings (SSSR count). The summed E-state index contributed by atoms with van der Waals surface area (Å²) in [6, 6.07) is 13.5. The third-order valence-corrected chi connectivity index (χ3v) is 5.29. The van der Waals surface area contributed by atoms with Crippen molar-refractivity contribution in [3.63, 3.8) is 0 Å². The van der Waals surface area contributed by atoms with E-state index in [-0.39, 0.29) is 5.60 Å². The van der Waals surface area contributed by atoms with E-state index in [0.29, 0.717) is 6.04 Å². The van der Waals surface area contributed by atoms with Crippen LogP contribution in [0.15, 0.2) is 36.4 Å². The summed E-state index contributed by atoms with van der Waals surface area (Å²) in [5.41, 5.74) is 1.38. The van der Waals surface area contributed by atoms with E-state index >= 15 is 0 Å². The van der Waals surface area contributed by atoms with Gasteiger partial charge in [-0.15, -0.1) is 0 Å². The van der Waals surface area contributed by atoms with E-state index in [0.717, 1.165) is 38.1 Å². The van der Waals surface area contributed by atoms with Crippen LogP contribution in [-0.2, 0) is 0 Å². The highest BCUT2D eigenvalue weighted by Crippen LogP contribution is 2.47. The molecule has 1 N–H and O–H groups in total. The fourth-order valence-electron chi connectivity index (χ4n) is 4.07. The van der Waals surface area contributed by atoms with Crippen LogP contribution in [0.2, 0.25) is 0 Å². The van der Waals surface area contributed by atoms with Crippen LogP contribution in [0.25, 0.3) is 10.8 Å². The van der Waals surface area contributed by atoms with Gasteiger partial charge in [-0.3, -0.25) is 0 Å². The molecule has 2 aromatic carbocycles. The average molecular weight is 296 g/mol. The van der Waals surface area contributed by atoms with E-state index in [1.165, 1.54) is 16.3 Å². The molecule has 0 amide bonds. The Balaban J connectivity index is 1.87. The predicted molar refractivity (Wildman–Crippen MR) is 90.5 cm³/mol. The van der Waals surface area contributed by atoms with Crippen molar-refractivity contribution < 1.29 is 4.74 Å². The van der Waals surface area contributed by atoms with E-state index in [4.69, 9.17) is 4.74 Å². The third-order valence-electron chi connectivity index (χ3n) is 5.29. The van der Waals surface area contributed by atoms with Crippen molar-refractivity contribution >= 4 is 10.8 Å². The Labute approximate surface area is 132 Å². The molecule has 0 saturated carbocycles. The molecular weight excluding hydrogens is 272 g/mol. The summed E-state index contributed by atoms with van der Waals surface area (Å²) < 4.78 is 6.58. The van der Waals surface area contributed by atoms with Gasteiger partial charge in [0.2, 0.25) is 0 Å². The first kappa shape index (κ1) is 14.0. The first-order chi connectivity index (χ1) is 10.7. The average Bonchev–Trinajstić information content (AvgIpc) is 2.54. The van der Waals surface area contributed by atoms with Crippen molar-refractivity contribution in [2.24, 2.45) is 0 Å². The monoisotopic (exact) mass is 296 g/mol. The van der Waals surface area contributed by atoms with Gasteiger partial charge in [-0.2, -0.15) is 0 Å². The number of benzene rings is 2. The molecule has 0 radical (unpaired) electrons. The smallest absolute Gasteiger partial charge is 0.125 e. The van der Waals surface area contributed by atoms with Crippen LogP contribution in [0, 0.1) is 0 Å². The summed E-state index contributed by atoms with van der Waals surface area (Å²) in [4.78, 5) is 2.36. The van der Waals surface area contributed by atoms with Crippen molar-refractivity contribution in [2.75, 3.05) is 27.2 Å². The predicted octanol–water partition coefficient (Wildman–Crippen LogP) is 3.35. The zero-order valence-electron chi connectivity index (χ0n) is 13.4. The third kappa shape index (κ3) is 2.20. The Bertz CT molecular complexity index is 689. The van der Waals surface area contributed by atoms with Crippen LogP contribution in [0.5, 0.6) is 5.75 Å².